The van der Waals surface area contributed by atoms with Gasteiger partial charge in [0.1, 0.15) is 11.9 Å². The van der Waals surface area contributed by atoms with Gasteiger partial charge in [0.25, 0.3) is 0 Å². The van der Waals surface area contributed by atoms with Crippen molar-refractivity contribution in [3.05, 3.63) is 65.2 Å². The number of benzene rings is 2. The largest absolute Gasteiger partial charge is 0.482 e. The predicted molar refractivity (Wildman–Crippen MR) is 70.7 cm³/mol. The van der Waals surface area contributed by atoms with E-state index in [2.05, 4.69) is 0 Å². The molecule has 0 amide bonds. The zero-order valence-corrected chi connectivity index (χ0v) is 10.3. The molecule has 2 aromatic rings. The topological polar surface area (TPSA) is 29.5 Å². The second-order valence-corrected chi connectivity index (χ2v) is 4.78. The normalized spacial score (nSPS) is 22.1. The molecule has 0 bridgehead atoms. The van der Waals surface area contributed by atoms with Gasteiger partial charge in [-0.15, -0.1) is 0 Å². The molecular weight excluding hydrogens is 224 g/mol. The third kappa shape index (κ3) is 1.89. The van der Waals surface area contributed by atoms with Crippen LogP contribution in [0.4, 0.5) is 0 Å². The molecule has 2 nitrogen and oxygen atoms in total. The summed E-state index contributed by atoms with van der Waals surface area (Å²) in [6.07, 6.45) is -0.0992. The van der Waals surface area contributed by atoms with Crippen molar-refractivity contribution in [1.29, 1.82) is 0 Å². The third-order valence-corrected chi connectivity index (χ3v) is 3.44. The molecule has 0 spiro atoms. The number of hydrogen-bond acceptors (Lipinski definition) is 2. The lowest BCUT2D eigenvalue weighted by Gasteiger charge is -2.31. The Morgan fingerprint density at radius 2 is 1.83 bits per heavy atom. The van der Waals surface area contributed by atoms with Crippen LogP contribution in [0.2, 0.25) is 0 Å². The Balaban J connectivity index is 1.99. The summed E-state index contributed by atoms with van der Waals surface area (Å²) in [6, 6.07) is 16.0. The van der Waals surface area contributed by atoms with Crippen molar-refractivity contribution in [3.8, 4) is 5.75 Å². The lowest BCUT2D eigenvalue weighted by Crippen LogP contribution is -2.30. The maximum Gasteiger partial charge on any atom is 0.150 e. The Kier molecular flexibility index (Phi) is 2.80. The third-order valence-electron chi connectivity index (χ3n) is 3.44. The minimum Gasteiger partial charge on any atom is -0.482 e. The van der Waals surface area contributed by atoms with E-state index in [1.54, 1.807) is 0 Å². The molecule has 0 fully saturated rings. The average Bonchev–Trinajstić information content (AvgIpc) is 2.39. The first-order chi connectivity index (χ1) is 8.75. The van der Waals surface area contributed by atoms with Gasteiger partial charge in [0.2, 0.25) is 0 Å². The van der Waals surface area contributed by atoms with Gasteiger partial charge in [-0.3, -0.25) is 0 Å². The van der Waals surface area contributed by atoms with E-state index >= 15 is 0 Å². The van der Waals surface area contributed by atoms with Crippen LogP contribution < -0.4 is 4.74 Å². The molecule has 1 N–H and O–H groups in total. The second kappa shape index (κ2) is 4.46. The fourth-order valence-electron chi connectivity index (χ4n) is 2.51. The molecule has 0 aliphatic carbocycles. The van der Waals surface area contributed by atoms with Crippen LogP contribution in [0.25, 0.3) is 0 Å². The molecule has 2 aromatic carbocycles. The van der Waals surface area contributed by atoms with E-state index in [-0.39, 0.29) is 6.10 Å². The van der Waals surface area contributed by atoms with Crippen molar-refractivity contribution in [2.24, 2.45) is 0 Å². The number of aryl methyl sites for hydroxylation is 1. The fourth-order valence-corrected chi connectivity index (χ4v) is 2.51. The van der Waals surface area contributed by atoms with Gasteiger partial charge in [0.05, 0.1) is 6.10 Å². The van der Waals surface area contributed by atoms with Gasteiger partial charge in [-0.25, -0.2) is 0 Å². The molecular formula is C16H16O2. The van der Waals surface area contributed by atoms with Gasteiger partial charge in [0, 0.05) is 6.42 Å². The quantitative estimate of drug-likeness (QED) is 0.830. The zero-order valence-electron chi connectivity index (χ0n) is 10.3. The Labute approximate surface area is 107 Å². The van der Waals surface area contributed by atoms with E-state index < -0.39 is 6.10 Å². The number of para-hydroxylation sites is 1. The standard InChI is InChI=1S/C16H16O2/c1-11-6-5-9-13-10-14(17)16(18-15(11)13)12-7-3-2-4-8-12/h2-9,14,16-17H,10H2,1H3/t14-,16+/m0/s1. The number of fused-ring (bicyclic) bond motifs is 1. The summed E-state index contributed by atoms with van der Waals surface area (Å²) in [5.74, 6) is 0.927. The highest BCUT2D eigenvalue weighted by Gasteiger charge is 2.30. The molecule has 3 rings (SSSR count). The summed E-state index contributed by atoms with van der Waals surface area (Å²) >= 11 is 0. The average molecular weight is 240 g/mol. The Morgan fingerprint density at radius 1 is 1.06 bits per heavy atom. The number of hydrogen-bond donors (Lipinski definition) is 1. The minimum absolute atomic E-state index is 0.264. The highest BCUT2D eigenvalue weighted by atomic mass is 16.5. The molecule has 1 aliphatic heterocycles. The van der Waals surface area contributed by atoms with Crippen molar-refractivity contribution < 1.29 is 9.84 Å². The molecule has 0 saturated carbocycles. The lowest BCUT2D eigenvalue weighted by molar-refractivity contribution is 0.0203. The minimum atomic E-state index is -0.485. The Bertz CT molecular complexity index is 548. The van der Waals surface area contributed by atoms with E-state index in [9.17, 15) is 5.11 Å². The molecule has 0 aromatic heterocycles. The summed E-state index contributed by atoms with van der Waals surface area (Å²) in [7, 11) is 0. The van der Waals surface area contributed by atoms with Crippen LogP contribution in [0.1, 0.15) is 22.8 Å². The van der Waals surface area contributed by atoms with Crippen molar-refractivity contribution >= 4 is 0 Å². The van der Waals surface area contributed by atoms with E-state index in [4.69, 9.17) is 4.74 Å². The van der Waals surface area contributed by atoms with Crippen LogP contribution in [0.3, 0.4) is 0 Å². The molecule has 2 atom stereocenters. The van der Waals surface area contributed by atoms with Gasteiger partial charge in [0.15, 0.2) is 0 Å². The first-order valence-corrected chi connectivity index (χ1v) is 6.24. The second-order valence-electron chi connectivity index (χ2n) is 4.78. The van der Waals surface area contributed by atoms with Gasteiger partial charge in [-0.2, -0.15) is 0 Å². The molecule has 0 unspecified atom stereocenters. The lowest BCUT2D eigenvalue weighted by atomic mass is 9.93. The van der Waals surface area contributed by atoms with E-state index in [0.29, 0.717) is 6.42 Å². The first-order valence-electron chi connectivity index (χ1n) is 6.24. The summed E-state index contributed by atoms with van der Waals surface area (Å²) in [5, 5.41) is 10.2. The van der Waals surface area contributed by atoms with Crippen LogP contribution >= 0.6 is 0 Å². The zero-order chi connectivity index (χ0) is 12.5. The van der Waals surface area contributed by atoms with Crippen molar-refractivity contribution in [2.45, 2.75) is 25.6 Å². The molecule has 0 radical (unpaired) electrons. The van der Waals surface area contributed by atoms with Crippen LogP contribution in [0.15, 0.2) is 48.5 Å². The molecule has 1 heterocycles. The highest BCUT2D eigenvalue weighted by Crippen LogP contribution is 2.37. The first kappa shape index (κ1) is 11.3. The summed E-state index contributed by atoms with van der Waals surface area (Å²) in [6.45, 7) is 2.04. The molecule has 2 heteroatoms. The van der Waals surface area contributed by atoms with Gasteiger partial charge < -0.3 is 9.84 Å². The summed E-state index contributed by atoms with van der Waals surface area (Å²) < 4.78 is 6.01. The van der Waals surface area contributed by atoms with Crippen LogP contribution in [0.5, 0.6) is 5.75 Å². The van der Waals surface area contributed by atoms with Gasteiger partial charge >= 0.3 is 0 Å². The fraction of sp³-hybridized carbons (Fsp3) is 0.250. The maximum absolute atomic E-state index is 10.2. The molecule has 18 heavy (non-hydrogen) atoms. The summed E-state index contributed by atoms with van der Waals surface area (Å²) in [5.41, 5.74) is 3.24. The van der Waals surface area contributed by atoms with Crippen LogP contribution in [-0.4, -0.2) is 11.2 Å². The molecule has 0 saturated heterocycles. The smallest absolute Gasteiger partial charge is 0.150 e. The maximum atomic E-state index is 10.2. The molecule has 92 valence electrons. The number of aliphatic hydroxyl groups excluding tert-OH is 1. The van der Waals surface area contributed by atoms with E-state index in [1.807, 2.05) is 55.5 Å². The van der Waals surface area contributed by atoms with Crippen molar-refractivity contribution in [1.82, 2.24) is 0 Å². The van der Waals surface area contributed by atoms with Crippen molar-refractivity contribution in [3.63, 3.8) is 0 Å². The summed E-state index contributed by atoms with van der Waals surface area (Å²) in [4.78, 5) is 0. The van der Waals surface area contributed by atoms with E-state index in [0.717, 1.165) is 22.4 Å². The number of ether oxygens (including phenoxy) is 1. The number of rotatable bonds is 1. The Hall–Kier alpha value is -1.80. The highest BCUT2D eigenvalue weighted by molar-refractivity contribution is 5.43. The molecule has 1 aliphatic rings. The monoisotopic (exact) mass is 240 g/mol. The van der Waals surface area contributed by atoms with Crippen LogP contribution in [0, 0.1) is 6.92 Å². The predicted octanol–water partition coefficient (Wildman–Crippen LogP) is 3.03. The van der Waals surface area contributed by atoms with Gasteiger partial charge in [-0.05, 0) is 23.6 Å². The van der Waals surface area contributed by atoms with Crippen molar-refractivity contribution in [2.75, 3.05) is 0 Å². The van der Waals surface area contributed by atoms with Gasteiger partial charge in [-0.1, -0.05) is 48.5 Å². The van der Waals surface area contributed by atoms with E-state index in [1.165, 1.54) is 0 Å². The van der Waals surface area contributed by atoms with Crippen LogP contribution in [-0.2, 0) is 6.42 Å². The SMILES string of the molecule is Cc1cccc2c1O[C@H](c1ccccc1)[C@@H](O)C2. The Morgan fingerprint density at radius 3 is 2.61 bits per heavy atom. The number of aliphatic hydroxyl groups is 1.